The molecule has 0 heterocycles. The highest BCUT2D eigenvalue weighted by Gasteiger charge is 2.08. The average Bonchev–Trinajstić information content (AvgIpc) is 2.76. The molecule has 0 aliphatic heterocycles. The number of likely N-dealkylation sites (N-methyl/N-ethyl adjacent to an activating group) is 1. The van der Waals surface area contributed by atoms with E-state index in [1.807, 2.05) is 38.4 Å². The fourth-order valence-electron chi connectivity index (χ4n) is 2.88. The first-order chi connectivity index (χ1) is 15.0. The molecule has 0 aromatic heterocycles. The monoisotopic (exact) mass is 428 g/mol. The summed E-state index contributed by atoms with van der Waals surface area (Å²) in [6.45, 7) is 5.86. The van der Waals surface area contributed by atoms with Crippen molar-refractivity contribution in [1.29, 1.82) is 0 Å². The number of guanidine groups is 1. The number of methoxy groups -OCH3 is 1. The van der Waals surface area contributed by atoms with Crippen LogP contribution >= 0.6 is 0 Å². The van der Waals surface area contributed by atoms with Gasteiger partial charge in [0.25, 0.3) is 0 Å². The maximum absolute atomic E-state index is 5.95. The van der Waals surface area contributed by atoms with Crippen LogP contribution in [0.3, 0.4) is 0 Å². The van der Waals surface area contributed by atoms with Gasteiger partial charge in [0.1, 0.15) is 24.7 Å². The Hall–Kier alpha value is -2.77. The molecule has 0 spiro atoms. The van der Waals surface area contributed by atoms with Crippen LogP contribution in [0.15, 0.2) is 47.5 Å². The molecule has 2 rings (SSSR count). The van der Waals surface area contributed by atoms with Crippen LogP contribution in [0.4, 0.5) is 0 Å². The first-order valence-electron chi connectivity index (χ1n) is 10.5. The Balaban J connectivity index is 1.93. The molecule has 170 valence electrons. The normalized spacial score (nSPS) is 11.5. The predicted octanol–water partition coefficient (Wildman–Crippen LogP) is 2.83. The minimum absolute atomic E-state index is 0.518. The van der Waals surface area contributed by atoms with Gasteiger partial charge in [0, 0.05) is 44.9 Å². The summed E-state index contributed by atoms with van der Waals surface area (Å²) in [5.41, 5.74) is 3.31. The highest BCUT2D eigenvalue weighted by molar-refractivity contribution is 5.79. The summed E-state index contributed by atoms with van der Waals surface area (Å²) in [5.74, 6) is 2.46. The lowest BCUT2D eigenvalue weighted by Gasteiger charge is -2.17. The first-order valence-corrected chi connectivity index (χ1v) is 10.5. The van der Waals surface area contributed by atoms with E-state index in [0.717, 1.165) is 34.7 Å². The maximum Gasteiger partial charge on any atom is 0.191 e. The van der Waals surface area contributed by atoms with Crippen molar-refractivity contribution in [3.05, 3.63) is 59.2 Å². The van der Waals surface area contributed by atoms with Gasteiger partial charge in [-0.15, -0.1) is 0 Å². The number of ether oxygens (including phenoxy) is 3. The van der Waals surface area contributed by atoms with E-state index in [2.05, 4.69) is 45.6 Å². The molecule has 0 saturated carbocycles. The van der Waals surface area contributed by atoms with Gasteiger partial charge in [-0.05, 0) is 38.7 Å². The molecule has 0 amide bonds. The number of rotatable bonds is 12. The summed E-state index contributed by atoms with van der Waals surface area (Å²) >= 11 is 0. The fraction of sp³-hybridized carbons (Fsp3) is 0.458. The number of hydrogen-bond acceptors (Lipinski definition) is 5. The third-order valence-electron chi connectivity index (χ3n) is 4.65. The number of benzene rings is 2. The van der Waals surface area contributed by atoms with Crippen LogP contribution < -0.4 is 20.1 Å². The SMILES string of the molecule is CN=C(NCc1ccc(C)cc1OCCOC)NCc1ccccc1OCCN(C)C. The Bertz CT molecular complexity index is 824. The molecular weight excluding hydrogens is 392 g/mol. The van der Waals surface area contributed by atoms with Crippen molar-refractivity contribution in [1.82, 2.24) is 15.5 Å². The summed E-state index contributed by atoms with van der Waals surface area (Å²) in [6.07, 6.45) is 0. The van der Waals surface area contributed by atoms with Gasteiger partial charge < -0.3 is 29.7 Å². The Kier molecular flexibility index (Phi) is 10.7. The second kappa shape index (κ2) is 13.5. The Morgan fingerprint density at radius 2 is 1.58 bits per heavy atom. The third-order valence-corrected chi connectivity index (χ3v) is 4.65. The first kappa shape index (κ1) is 24.5. The summed E-state index contributed by atoms with van der Waals surface area (Å²) in [5, 5.41) is 6.73. The lowest BCUT2D eigenvalue weighted by Crippen LogP contribution is -2.36. The number of nitrogens with one attached hydrogen (secondary N) is 2. The zero-order chi connectivity index (χ0) is 22.5. The van der Waals surface area contributed by atoms with Gasteiger partial charge in [-0.25, -0.2) is 0 Å². The van der Waals surface area contributed by atoms with E-state index in [1.54, 1.807) is 14.2 Å². The van der Waals surface area contributed by atoms with Crippen LogP contribution in [-0.4, -0.2) is 65.5 Å². The van der Waals surface area contributed by atoms with Crippen LogP contribution in [0.2, 0.25) is 0 Å². The van der Waals surface area contributed by atoms with Crippen LogP contribution in [0.5, 0.6) is 11.5 Å². The van der Waals surface area contributed by atoms with E-state index in [-0.39, 0.29) is 0 Å². The van der Waals surface area contributed by atoms with Gasteiger partial charge >= 0.3 is 0 Å². The van der Waals surface area contributed by atoms with E-state index < -0.39 is 0 Å². The quantitative estimate of drug-likeness (QED) is 0.308. The zero-order valence-electron chi connectivity index (χ0n) is 19.4. The molecule has 0 aliphatic rings. The van der Waals surface area contributed by atoms with E-state index in [1.165, 1.54) is 0 Å². The fourth-order valence-corrected chi connectivity index (χ4v) is 2.88. The van der Waals surface area contributed by atoms with Gasteiger partial charge in [-0.2, -0.15) is 0 Å². The van der Waals surface area contributed by atoms with E-state index >= 15 is 0 Å². The summed E-state index contributed by atoms with van der Waals surface area (Å²) in [6, 6.07) is 14.3. The number of nitrogens with zero attached hydrogens (tertiary/aromatic N) is 2. The number of hydrogen-bond donors (Lipinski definition) is 2. The highest BCUT2D eigenvalue weighted by Crippen LogP contribution is 2.20. The van der Waals surface area contributed by atoms with Crippen molar-refractivity contribution in [2.75, 3.05) is 54.6 Å². The lowest BCUT2D eigenvalue weighted by molar-refractivity contribution is 0.145. The topological polar surface area (TPSA) is 67.4 Å². The lowest BCUT2D eigenvalue weighted by atomic mass is 10.1. The minimum atomic E-state index is 0.518. The largest absolute Gasteiger partial charge is 0.492 e. The Morgan fingerprint density at radius 1 is 0.903 bits per heavy atom. The van der Waals surface area contributed by atoms with Gasteiger partial charge in [0.05, 0.1) is 6.61 Å². The second-order valence-electron chi connectivity index (χ2n) is 7.49. The molecule has 2 aromatic carbocycles. The molecule has 0 aliphatic carbocycles. The maximum atomic E-state index is 5.95. The molecule has 0 fully saturated rings. The highest BCUT2D eigenvalue weighted by atomic mass is 16.5. The zero-order valence-corrected chi connectivity index (χ0v) is 19.4. The van der Waals surface area contributed by atoms with Crippen molar-refractivity contribution in [3.63, 3.8) is 0 Å². The minimum Gasteiger partial charge on any atom is -0.492 e. The van der Waals surface area contributed by atoms with Crippen molar-refractivity contribution in [2.24, 2.45) is 4.99 Å². The van der Waals surface area contributed by atoms with Gasteiger partial charge in [0.2, 0.25) is 0 Å². The number of aryl methyl sites for hydroxylation is 1. The Morgan fingerprint density at radius 3 is 2.26 bits per heavy atom. The molecular formula is C24H36N4O3. The van der Waals surface area contributed by atoms with Crippen LogP contribution in [0.25, 0.3) is 0 Å². The molecule has 2 aromatic rings. The van der Waals surface area contributed by atoms with Crippen molar-refractivity contribution in [3.8, 4) is 11.5 Å². The molecule has 0 bridgehead atoms. The number of aliphatic imine (C=N–C) groups is 1. The average molecular weight is 429 g/mol. The van der Waals surface area contributed by atoms with Crippen molar-refractivity contribution < 1.29 is 14.2 Å². The molecule has 7 heteroatoms. The van der Waals surface area contributed by atoms with Crippen LogP contribution in [0.1, 0.15) is 16.7 Å². The third kappa shape index (κ3) is 8.86. The summed E-state index contributed by atoms with van der Waals surface area (Å²) < 4.78 is 16.9. The van der Waals surface area contributed by atoms with Crippen LogP contribution in [-0.2, 0) is 17.8 Å². The summed E-state index contributed by atoms with van der Waals surface area (Å²) in [7, 11) is 7.51. The molecule has 2 N–H and O–H groups in total. The molecule has 0 unspecified atom stereocenters. The smallest absolute Gasteiger partial charge is 0.191 e. The standard InChI is InChI=1S/C24H36N4O3/c1-19-10-11-21(23(16-19)31-15-14-29-5)18-27-24(25-2)26-17-20-8-6-7-9-22(20)30-13-12-28(3)4/h6-11,16H,12-15,17-18H2,1-5H3,(H2,25,26,27). The van der Waals surface area contributed by atoms with E-state index in [4.69, 9.17) is 14.2 Å². The Labute approximate surface area is 186 Å². The van der Waals surface area contributed by atoms with Gasteiger partial charge in [0.15, 0.2) is 5.96 Å². The molecule has 0 radical (unpaired) electrons. The van der Waals surface area contributed by atoms with E-state index in [0.29, 0.717) is 38.9 Å². The van der Waals surface area contributed by atoms with Crippen LogP contribution in [0, 0.1) is 6.92 Å². The van der Waals surface area contributed by atoms with Gasteiger partial charge in [-0.1, -0.05) is 30.3 Å². The molecule has 31 heavy (non-hydrogen) atoms. The molecule has 0 saturated heterocycles. The van der Waals surface area contributed by atoms with Crippen molar-refractivity contribution >= 4 is 5.96 Å². The molecule has 0 atom stereocenters. The van der Waals surface area contributed by atoms with Gasteiger partial charge in [-0.3, -0.25) is 4.99 Å². The number of para-hydroxylation sites is 1. The predicted molar refractivity (Wildman–Crippen MR) is 126 cm³/mol. The molecule has 7 nitrogen and oxygen atoms in total. The summed E-state index contributed by atoms with van der Waals surface area (Å²) in [4.78, 5) is 6.44. The second-order valence-corrected chi connectivity index (χ2v) is 7.49. The van der Waals surface area contributed by atoms with Crippen molar-refractivity contribution in [2.45, 2.75) is 20.0 Å². The van der Waals surface area contributed by atoms with E-state index in [9.17, 15) is 0 Å².